The second-order valence-corrected chi connectivity index (χ2v) is 3.49. The lowest BCUT2D eigenvalue weighted by molar-refractivity contribution is 0.0713. The molecule has 2 atom stereocenters. The number of likely N-dealkylation sites (N-methyl/N-ethyl adjacent to an activating group) is 1. The number of benzene rings is 1. The molecule has 0 aliphatic heterocycles. The Hall–Kier alpha value is -1.12. The minimum atomic E-state index is 0.0780. The maximum absolute atomic E-state index is 5.53. The normalized spacial score (nSPS) is 14.5. The lowest BCUT2D eigenvalue weighted by atomic mass is 10.00. The Bertz CT molecular complexity index is 284. The van der Waals surface area contributed by atoms with E-state index in [9.17, 15) is 0 Å². The molecule has 2 nitrogen and oxygen atoms in total. The van der Waals surface area contributed by atoms with Crippen LogP contribution in [0.15, 0.2) is 43.0 Å². The topological polar surface area (TPSA) is 21.3 Å². The van der Waals surface area contributed by atoms with Crippen molar-refractivity contribution < 1.29 is 4.74 Å². The quantitative estimate of drug-likeness (QED) is 0.721. The molecular formula is C13H19NO. The van der Waals surface area contributed by atoms with E-state index in [1.54, 1.807) is 7.11 Å². The first-order chi connectivity index (χ1) is 7.33. The van der Waals surface area contributed by atoms with Crippen molar-refractivity contribution in [1.29, 1.82) is 0 Å². The van der Waals surface area contributed by atoms with E-state index in [0.717, 1.165) is 6.42 Å². The van der Waals surface area contributed by atoms with Crippen LogP contribution in [0.25, 0.3) is 0 Å². The number of nitrogens with one attached hydrogen (secondary N) is 1. The highest BCUT2D eigenvalue weighted by Crippen LogP contribution is 2.22. The van der Waals surface area contributed by atoms with Crippen LogP contribution in [0.2, 0.25) is 0 Å². The highest BCUT2D eigenvalue weighted by atomic mass is 16.5. The predicted molar refractivity (Wildman–Crippen MR) is 63.9 cm³/mol. The number of methoxy groups -OCH3 is 1. The van der Waals surface area contributed by atoms with Gasteiger partial charge >= 0.3 is 0 Å². The van der Waals surface area contributed by atoms with Gasteiger partial charge in [0.15, 0.2) is 0 Å². The second kappa shape index (κ2) is 6.38. The van der Waals surface area contributed by atoms with Gasteiger partial charge in [0, 0.05) is 13.2 Å². The van der Waals surface area contributed by atoms with E-state index in [1.165, 1.54) is 5.56 Å². The van der Waals surface area contributed by atoms with Crippen LogP contribution in [0, 0.1) is 0 Å². The lowest BCUT2D eigenvalue weighted by Crippen LogP contribution is -2.32. The molecule has 0 bridgehead atoms. The molecule has 0 spiro atoms. The van der Waals surface area contributed by atoms with E-state index >= 15 is 0 Å². The van der Waals surface area contributed by atoms with E-state index in [-0.39, 0.29) is 12.1 Å². The summed E-state index contributed by atoms with van der Waals surface area (Å²) in [5.74, 6) is 0. The average molecular weight is 205 g/mol. The first kappa shape index (κ1) is 12.0. The molecule has 2 unspecified atom stereocenters. The smallest absolute Gasteiger partial charge is 0.0976 e. The van der Waals surface area contributed by atoms with E-state index < -0.39 is 0 Å². The minimum Gasteiger partial charge on any atom is -0.375 e. The van der Waals surface area contributed by atoms with E-state index in [1.807, 2.05) is 31.3 Å². The van der Waals surface area contributed by atoms with Crippen LogP contribution in [0.4, 0.5) is 0 Å². The van der Waals surface area contributed by atoms with Crippen molar-refractivity contribution in [2.24, 2.45) is 0 Å². The fourth-order valence-electron chi connectivity index (χ4n) is 1.75. The van der Waals surface area contributed by atoms with Gasteiger partial charge in [-0.3, -0.25) is 0 Å². The molecule has 82 valence electrons. The Kier molecular flexibility index (Phi) is 5.08. The minimum absolute atomic E-state index is 0.0780. The molecule has 1 rings (SSSR count). The van der Waals surface area contributed by atoms with Gasteiger partial charge in [-0.05, 0) is 19.0 Å². The Morgan fingerprint density at radius 2 is 2.07 bits per heavy atom. The molecule has 2 heteroatoms. The van der Waals surface area contributed by atoms with Crippen molar-refractivity contribution in [3.8, 4) is 0 Å². The summed E-state index contributed by atoms with van der Waals surface area (Å²) in [6.45, 7) is 3.76. The van der Waals surface area contributed by atoms with Crippen molar-refractivity contribution >= 4 is 0 Å². The molecule has 0 saturated heterocycles. The molecule has 0 radical (unpaired) electrons. The van der Waals surface area contributed by atoms with Crippen LogP contribution >= 0.6 is 0 Å². The summed E-state index contributed by atoms with van der Waals surface area (Å²) in [5, 5.41) is 3.26. The molecule has 0 fully saturated rings. The molecule has 0 aliphatic carbocycles. The predicted octanol–water partition coefficient (Wildman–Crippen LogP) is 2.54. The lowest BCUT2D eigenvalue weighted by Gasteiger charge is -2.25. The summed E-state index contributed by atoms with van der Waals surface area (Å²) in [4.78, 5) is 0. The van der Waals surface area contributed by atoms with Gasteiger partial charge in [0.05, 0.1) is 6.10 Å². The SMILES string of the molecule is C=CCC(NC)C(OC)c1ccccc1. The summed E-state index contributed by atoms with van der Waals surface area (Å²) in [6.07, 6.45) is 2.88. The molecule has 0 saturated carbocycles. The maximum atomic E-state index is 5.53. The third-order valence-corrected chi connectivity index (χ3v) is 2.54. The number of hydrogen-bond donors (Lipinski definition) is 1. The standard InChI is InChI=1S/C13H19NO/c1-4-8-12(14-2)13(15-3)11-9-6-5-7-10-11/h4-7,9-10,12-14H,1,8H2,2-3H3. The van der Waals surface area contributed by atoms with Crippen molar-refractivity contribution in [2.45, 2.75) is 18.6 Å². The van der Waals surface area contributed by atoms with E-state index in [2.05, 4.69) is 24.0 Å². The zero-order valence-corrected chi connectivity index (χ0v) is 9.44. The van der Waals surface area contributed by atoms with Crippen molar-refractivity contribution in [3.63, 3.8) is 0 Å². The summed E-state index contributed by atoms with van der Waals surface area (Å²) in [6, 6.07) is 10.5. The van der Waals surface area contributed by atoms with Gasteiger partial charge < -0.3 is 10.1 Å². The highest BCUT2D eigenvalue weighted by Gasteiger charge is 2.19. The molecule has 0 amide bonds. The van der Waals surface area contributed by atoms with Crippen molar-refractivity contribution in [1.82, 2.24) is 5.32 Å². The fraction of sp³-hybridized carbons (Fsp3) is 0.385. The summed E-state index contributed by atoms with van der Waals surface area (Å²) >= 11 is 0. The Balaban J connectivity index is 2.82. The zero-order chi connectivity index (χ0) is 11.1. The van der Waals surface area contributed by atoms with Crippen LogP contribution in [0.5, 0.6) is 0 Å². The van der Waals surface area contributed by atoms with Crippen LogP contribution in [0.1, 0.15) is 18.1 Å². The second-order valence-electron chi connectivity index (χ2n) is 3.49. The van der Waals surface area contributed by atoms with Gasteiger partial charge in [-0.1, -0.05) is 36.4 Å². The number of rotatable bonds is 6. The Labute approximate surface area is 92.0 Å². The fourth-order valence-corrected chi connectivity index (χ4v) is 1.75. The highest BCUT2D eigenvalue weighted by molar-refractivity contribution is 5.19. The van der Waals surface area contributed by atoms with Gasteiger partial charge in [0.25, 0.3) is 0 Å². The molecule has 0 aliphatic rings. The van der Waals surface area contributed by atoms with Crippen LogP contribution < -0.4 is 5.32 Å². The number of ether oxygens (including phenoxy) is 1. The summed E-state index contributed by atoms with van der Waals surface area (Å²) < 4.78 is 5.53. The zero-order valence-electron chi connectivity index (χ0n) is 9.44. The van der Waals surface area contributed by atoms with Gasteiger partial charge in [0.2, 0.25) is 0 Å². The van der Waals surface area contributed by atoms with Crippen LogP contribution in [-0.4, -0.2) is 20.2 Å². The van der Waals surface area contributed by atoms with Gasteiger partial charge in [-0.15, -0.1) is 6.58 Å². The van der Waals surface area contributed by atoms with Gasteiger partial charge in [-0.2, -0.15) is 0 Å². The first-order valence-electron chi connectivity index (χ1n) is 5.19. The molecule has 0 aromatic heterocycles. The van der Waals surface area contributed by atoms with Crippen molar-refractivity contribution in [2.75, 3.05) is 14.2 Å². The van der Waals surface area contributed by atoms with Crippen LogP contribution in [0.3, 0.4) is 0 Å². The number of hydrogen-bond acceptors (Lipinski definition) is 2. The van der Waals surface area contributed by atoms with Gasteiger partial charge in [-0.25, -0.2) is 0 Å². The van der Waals surface area contributed by atoms with E-state index in [4.69, 9.17) is 4.74 Å². The molecule has 1 aromatic carbocycles. The Morgan fingerprint density at radius 1 is 1.40 bits per heavy atom. The van der Waals surface area contributed by atoms with E-state index in [0.29, 0.717) is 0 Å². The third kappa shape index (κ3) is 3.18. The molecular weight excluding hydrogens is 186 g/mol. The first-order valence-corrected chi connectivity index (χ1v) is 5.19. The average Bonchev–Trinajstić information content (AvgIpc) is 2.30. The van der Waals surface area contributed by atoms with Crippen molar-refractivity contribution in [3.05, 3.63) is 48.6 Å². The molecule has 1 N–H and O–H groups in total. The third-order valence-electron chi connectivity index (χ3n) is 2.54. The maximum Gasteiger partial charge on any atom is 0.0976 e. The monoisotopic (exact) mass is 205 g/mol. The largest absolute Gasteiger partial charge is 0.375 e. The van der Waals surface area contributed by atoms with Gasteiger partial charge in [0.1, 0.15) is 0 Å². The molecule has 1 aromatic rings. The van der Waals surface area contributed by atoms with Crippen LogP contribution in [-0.2, 0) is 4.74 Å². The summed E-state index contributed by atoms with van der Waals surface area (Å²) in [5.41, 5.74) is 1.20. The summed E-state index contributed by atoms with van der Waals surface area (Å²) in [7, 11) is 3.69. The molecule has 0 heterocycles. The Morgan fingerprint density at radius 3 is 2.53 bits per heavy atom. The molecule has 15 heavy (non-hydrogen) atoms.